The van der Waals surface area contributed by atoms with E-state index < -0.39 is 9.84 Å². The molecule has 0 saturated carbocycles. The van der Waals surface area contributed by atoms with Crippen LogP contribution >= 0.6 is 0 Å². The van der Waals surface area contributed by atoms with Crippen molar-refractivity contribution >= 4 is 21.9 Å². The summed E-state index contributed by atoms with van der Waals surface area (Å²) in [4.78, 5) is 15.9. The third-order valence-electron chi connectivity index (χ3n) is 4.66. The predicted molar refractivity (Wildman–Crippen MR) is 90.7 cm³/mol. The van der Waals surface area contributed by atoms with Gasteiger partial charge < -0.3 is 4.74 Å². The average molecular weight is 353 g/mol. The SMILES string of the molecule is CS(=O)(=O)c1ccc(N(C=O)C2CC(N3CCOCC3)CN2)cc1. The summed E-state index contributed by atoms with van der Waals surface area (Å²) in [6, 6.07) is 6.81. The summed E-state index contributed by atoms with van der Waals surface area (Å²) in [6.07, 6.45) is 2.73. The molecular weight excluding hydrogens is 330 g/mol. The summed E-state index contributed by atoms with van der Waals surface area (Å²) in [7, 11) is -3.24. The first-order chi connectivity index (χ1) is 11.5. The second-order valence-electron chi connectivity index (χ2n) is 6.24. The number of morpholine rings is 1. The number of hydrogen-bond donors (Lipinski definition) is 1. The Balaban J connectivity index is 1.69. The number of benzene rings is 1. The highest BCUT2D eigenvalue weighted by molar-refractivity contribution is 7.90. The molecule has 2 aliphatic rings. The van der Waals surface area contributed by atoms with Gasteiger partial charge in [0.15, 0.2) is 9.84 Å². The molecule has 0 aromatic heterocycles. The van der Waals surface area contributed by atoms with Crippen molar-refractivity contribution in [2.75, 3.05) is 44.0 Å². The van der Waals surface area contributed by atoms with Crippen LogP contribution in [-0.4, -0.2) is 71.0 Å². The van der Waals surface area contributed by atoms with Crippen LogP contribution in [0.2, 0.25) is 0 Å². The van der Waals surface area contributed by atoms with Crippen molar-refractivity contribution in [3.05, 3.63) is 24.3 Å². The molecule has 0 spiro atoms. The molecule has 2 unspecified atom stereocenters. The number of anilines is 1. The van der Waals surface area contributed by atoms with Crippen LogP contribution in [0.5, 0.6) is 0 Å². The summed E-state index contributed by atoms with van der Waals surface area (Å²) in [5.41, 5.74) is 0.692. The highest BCUT2D eigenvalue weighted by Crippen LogP contribution is 2.23. The number of rotatable bonds is 5. The summed E-state index contributed by atoms with van der Waals surface area (Å²) in [5.74, 6) is 0. The van der Waals surface area contributed by atoms with Crippen molar-refractivity contribution in [3.8, 4) is 0 Å². The number of nitrogens with one attached hydrogen (secondary N) is 1. The number of nitrogens with zero attached hydrogens (tertiary/aromatic N) is 2. The Hall–Kier alpha value is -1.48. The van der Waals surface area contributed by atoms with Gasteiger partial charge in [0, 0.05) is 37.6 Å². The topological polar surface area (TPSA) is 79.0 Å². The van der Waals surface area contributed by atoms with E-state index in [0.717, 1.165) is 45.7 Å². The first kappa shape index (κ1) is 17.3. The van der Waals surface area contributed by atoms with Crippen LogP contribution in [0, 0.1) is 0 Å². The van der Waals surface area contributed by atoms with Gasteiger partial charge in [-0.15, -0.1) is 0 Å². The number of carbonyl (C=O) groups is 1. The monoisotopic (exact) mass is 353 g/mol. The number of ether oxygens (including phenoxy) is 1. The van der Waals surface area contributed by atoms with Gasteiger partial charge in [0.25, 0.3) is 0 Å². The maximum atomic E-state index is 11.6. The highest BCUT2D eigenvalue weighted by atomic mass is 32.2. The smallest absolute Gasteiger partial charge is 0.215 e. The number of sulfone groups is 1. The van der Waals surface area contributed by atoms with Crippen LogP contribution in [0.3, 0.4) is 0 Å². The highest BCUT2D eigenvalue weighted by Gasteiger charge is 2.33. The van der Waals surface area contributed by atoms with Crippen molar-refractivity contribution < 1.29 is 17.9 Å². The van der Waals surface area contributed by atoms with Crippen LogP contribution < -0.4 is 10.2 Å². The second-order valence-corrected chi connectivity index (χ2v) is 8.26. The number of carbonyl (C=O) groups excluding carboxylic acids is 1. The van der Waals surface area contributed by atoms with Crippen LogP contribution in [-0.2, 0) is 19.4 Å². The van der Waals surface area contributed by atoms with E-state index in [2.05, 4.69) is 10.2 Å². The summed E-state index contributed by atoms with van der Waals surface area (Å²) in [6.45, 7) is 4.18. The van der Waals surface area contributed by atoms with Crippen molar-refractivity contribution in [1.29, 1.82) is 0 Å². The summed E-state index contributed by atoms with van der Waals surface area (Å²) < 4.78 is 28.5. The largest absolute Gasteiger partial charge is 0.379 e. The lowest BCUT2D eigenvalue weighted by Gasteiger charge is -2.32. The predicted octanol–water partition coefficient (Wildman–Crippen LogP) is 0.0731. The fourth-order valence-electron chi connectivity index (χ4n) is 3.31. The minimum absolute atomic E-state index is 0.0839. The molecule has 24 heavy (non-hydrogen) atoms. The molecule has 0 aliphatic carbocycles. The fraction of sp³-hybridized carbons (Fsp3) is 0.562. The molecule has 8 heteroatoms. The summed E-state index contributed by atoms with van der Waals surface area (Å²) >= 11 is 0. The Morgan fingerprint density at radius 2 is 1.92 bits per heavy atom. The maximum absolute atomic E-state index is 11.6. The minimum Gasteiger partial charge on any atom is -0.379 e. The minimum atomic E-state index is -3.24. The first-order valence-electron chi connectivity index (χ1n) is 8.08. The lowest BCUT2D eigenvalue weighted by Crippen LogP contribution is -2.44. The van der Waals surface area contributed by atoms with Crippen molar-refractivity contribution in [2.45, 2.75) is 23.5 Å². The second kappa shape index (κ2) is 7.18. The van der Waals surface area contributed by atoms with Gasteiger partial charge in [0.2, 0.25) is 6.41 Å². The van der Waals surface area contributed by atoms with Gasteiger partial charge in [-0.25, -0.2) is 8.42 Å². The first-order valence-corrected chi connectivity index (χ1v) is 9.97. The molecule has 1 aromatic carbocycles. The van der Waals surface area contributed by atoms with E-state index in [1.165, 1.54) is 18.4 Å². The van der Waals surface area contributed by atoms with Gasteiger partial charge in [-0.3, -0.25) is 19.9 Å². The molecular formula is C16H23N3O4S. The standard InChI is InChI=1S/C16H23N3O4S/c1-24(21,22)15-4-2-13(3-5-15)19(12-20)16-10-14(11-17-16)18-6-8-23-9-7-18/h2-5,12,14,16-17H,6-11H2,1H3. The van der Waals surface area contributed by atoms with Gasteiger partial charge >= 0.3 is 0 Å². The summed E-state index contributed by atoms with van der Waals surface area (Å²) in [5, 5.41) is 3.39. The van der Waals surface area contributed by atoms with E-state index in [0.29, 0.717) is 11.7 Å². The van der Waals surface area contributed by atoms with Crippen LogP contribution in [0.4, 0.5) is 5.69 Å². The van der Waals surface area contributed by atoms with Crippen LogP contribution in [0.1, 0.15) is 6.42 Å². The Labute approximate surface area is 142 Å². The van der Waals surface area contributed by atoms with E-state index >= 15 is 0 Å². The van der Waals surface area contributed by atoms with Gasteiger partial charge in [-0.1, -0.05) is 0 Å². The molecule has 1 aromatic rings. The van der Waals surface area contributed by atoms with Crippen LogP contribution in [0.25, 0.3) is 0 Å². The Bertz CT molecular complexity index is 671. The number of amides is 1. The molecule has 0 bridgehead atoms. The van der Waals surface area contributed by atoms with Crippen molar-refractivity contribution in [3.63, 3.8) is 0 Å². The lowest BCUT2D eigenvalue weighted by atomic mass is 10.1. The molecule has 3 rings (SSSR count). The average Bonchev–Trinajstić information content (AvgIpc) is 3.06. The van der Waals surface area contributed by atoms with E-state index in [4.69, 9.17) is 4.74 Å². The third-order valence-corrected chi connectivity index (χ3v) is 5.79. The van der Waals surface area contributed by atoms with Gasteiger partial charge in [0.05, 0.1) is 24.3 Å². The quantitative estimate of drug-likeness (QED) is 0.755. The Kier molecular flexibility index (Phi) is 5.19. The number of hydrogen-bond acceptors (Lipinski definition) is 6. The van der Waals surface area contributed by atoms with E-state index in [1.54, 1.807) is 17.0 Å². The molecule has 1 N–H and O–H groups in total. The molecule has 2 saturated heterocycles. The van der Waals surface area contributed by atoms with Crippen LogP contribution in [0.15, 0.2) is 29.2 Å². The zero-order valence-corrected chi connectivity index (χ0v) is 14.5. The van der Waals surface area contributed by atoms with Crippen molar-refractivity contribution in [2.24, 2.45) is 0 Å². The maximum Gasteiger partial charge on any atom is 0.215 e. The van der Waals surface area contributed by atoms with E-state index in [1.807, 2.05) is 0 Å². The molecule has 132 valence electrons. The normalized spacial score (nSPS) is 25.5. The van der Waals surface area contributed by atoms with Gasteiger partial charge in [0.1, 0.15) is 0 Å². The lowest BCUT2D eigenvalue weighted by molar-refractivity contribution is -0.108. The molecule has 0 radical (unpaired) electrons. The van der Waals surface area contributed by atoms with E-state index in [9.17, 15) is 13.2 Å². The fourth-order valence-corrected chi connectivity index (χ4v) is 3.94. The zero-order valence-electron chi connectivity index (χ0n) is 13.7. The van der Waals surface area contributed by atoms with Gasteiger partial charge in [-0.05, 0) is 30.7 Å². The Morgan fingerprint density at radius 3 is 2.50 bits per heavy atom. The van der Waals surface area contributed by atoms with Gasteiger partial charge in [-0.2, -0.15) is 0 Å². The molecule has 2 heterocycles. The van der Waals surface area contributed by atoms with E-state index in [-0.39, 0.29) is 11.1 Å². The Morgan fingerprint density at radius 1 is 1.25 bits per heavy atom. The zero-order chi connectivity index (χ0) is 17.2. The molecule has 2 aliphatic heterocycles. The molecule has 7 nitrogen and oxygen atoms in total. The molecule has 2 atom stereocenters. The third kappa shape index (κ3) is 3.77. The van der Waals surface area contributed by atoms with Crippen molar-refractivity contribution in [1.82, 2.24) is 10.2 Å². The molecule has 1 amide bonds. The molecule has 2 fully saturated rings.